The van der Waals surface area contributed by atoms with Crippen LogP contribution in [-0.2, 0) is 0 Å². The summed E-state index contributed by atoms with van der Waals surface area (Å²) in [4.78, 5) is 11.8. The maximum atomic E-state index is 11.8. The molecule has 0 bridgehead atoms. The quantitative estimate of drug-likeness (QED) is 0.894. The third kappa shape index (κ3) is 3.33. The van der Waals surface area contributed by atoms with Gasteiger partial charge in [-0.25, -0.2) is 4.68 Å². The van der Waals surface area contributed by atoms with Crippen LogP contribution in [-0.4, -0.2) is 33.4 Å². The number of rotatable bonds is 4. The second kappa shape index (κ2) is 5.86. The Hall–Kier alpha value is -1.85. The van der Waals surface area contributed by atoms with Crippen molar-refractivity contribution in [3.8, 4) is 5.69 Å². The van der Waals surface area contributed by atoms with Crippen molar-refractivity contribution < 1.29 is 9.90 Å². The van der Waals surface area contributed by atoms with E-state index in [4.69, 9.17) is 16.7 Å². The Morgan fingerprint density at radius 2 is 2.32 bits per heavy atom. The molecule has 0 aliphatic heterocycles. The molecule has 5 nitrogen and oxygen atoms in total. The highest BCUT2D eigenvalue weighted by Crippen LogP contribution is 2.14. The van der Waals surface area contributed by atoms with Gasteiger partial charge in [-0.3, -0.25) is 4.79 Å². The predicted molar refractivity (Wildman–Crippen MR) is 72.6 cm³/mol. The molecule has 1 aromatic heterocycles. The van der Waals surface area contributed by atoms with Crippen LogP contribution in [0.4, 0.5) is 0 Å². The molecule has 6 heteroatoms. The van der Waals surface area contributed by atoms with Gasteiger partial charge in [0.2, 0.25) is 0 Å². The van der Waals surface area contributed by atoms with Crippen LogP contribution in [0.5, 0.6) is 0 Å². The monoisotopic (exact) mass is 279 g/mol. The van der Waals surface area contributed by atoms with E-state index in [1.54, 1.807) is 36.0 Å². The number of amides is 1. The molecule has 1 aromatic carbocycles. The van der Waals surface area contributed by atoms with Crippen molar-refractivity contribution in [3.05, 3.63) is 47.2 Å². The first-order chi connectivity index (χ1) is 9.10. The van der Waals surface area contributed by atoms with Crippen molar-refractivity contribution in [2.45, 2.75) is 13.0 Å². The van der Waals surface area contributed by atoms with Crippen LogP contribution in [0.2, 0.25) is 5.02 Å². The van der Waals surface area contributed by atoms with Gasteiger partial charge in [-0.05, 0) is 31.2 Å². The minimum atomic E-state index is -0.317. The Labute approximate surface area is 115 Å². The number of aliphatic hydroxyl groups is 1. The van der Waals surface area contributed by atoms with Crippen LogP contribution in [0.3, 0.4) is 0 Å². The third-order valence-electron chi connectivity index (χ3n) is 2.55. The number of hydrogen-bond acceptors (Lipinski definition) is 3. The highest BCUT2D eigenvalue weighted by molar-refractivity contribution is 6.30. The molecular formula is C13H14ClN3O2. The summed E-state index contributed by atoms with van der Waals surface area (Å²) in [6.07, 6.45) is 1.68. The van der Waals surface area contributed by atoms with Gasteiger partial charge in [-0.15, -0.1) is 0 Å². The number of aromatic nitrogens is 2. The van der Waals surface area contributed by atoms with E-state index < -0.39 is 0 Å². The molecule has 1 amide bonds. The van der Waals surface area contributed by atoms with Crippen molar-refractivity contribution in [1.29, 1.82) is 0 Å². The second-order valence-electron chi connectivity index (χ2n) is 4.18. The van der Waals surface area contributed by atoms with Crippen molar-refractivity contribution >= 4 is 17.5 Å². The van der Waals surface area contributed by atoms with Gasteiger partial charge in [0.25, 0.3) is 5.91 Å². The predicted octanol–water partition coefficient (Wildman–Crippen LogP) is 1.64. The minimum absolute atomic E-state index is 0.110. The van der Waals surface area contributed by atoms with Crippen LogP contribution in [0, 0.1) is 0 Å². The summed E-state index contributed by atoms with van der Waals surface area (Å²) in [5, 5.41) is 16.3. The number of carbonyl (C=O) groups is 1. The lowest BCUT2D eigenvalue weighted by molar-refractivity contribution is 0.0917. The summed E-state index contributed by atoms with van der Waals surface area (Å²) in [6, 6.07) is 8.49. The molecule has 100 valence electrons. The first-order valence-corrected chi connectivity index (χ1v) is 6.21. The summed E-state index contributed by atoms with van der Waals surface area (Å²) in [5.74, 6) is -0.317. The van der Waals surface area contributed by atoms with E-state index >= 15 is 0 Å². The fraction of sp³-hybridized carbons (Fsp3) is 0.231. The summed E-state index contributed by atoms with van der Waals surface area (Å²) in [5.41, 5.74) is 1.07. The second-order valence-corrected chi connectivity index (χ2v) is 4.62. The molecule has 0 aliphatic carbocycles. The van der Waals surface area contributed by atoms with Gasteiger partial charge in [0, 0.05) is 17.3 Å². The first-order valence-electron chi connectivity index (χ1n) is 5.83. The van der Waals surface area contributed by atoms with E-state index in [9.17, 15) is 4.79 Å². The van der Waals surface area contributed by atoms with Crippen molar-refractivity contribution in [2.24, 2.45) is 0 Å². The van der Waals surface area contributed by atoms with Crippen molar-refractivity contribution in [3.63, 3.8) is 0 Å². The average molecular weight is 280 g/mol. The number of carbonyl (C=O) groups excluding carboxylic acids is 1. The molecule has 0 aliphatic rings. The molecule has 19 heavy (non-hydrogen) atoms. The minimum Gasteiger partial charge on any atom is -0.394 e. The van der Waals surface area contributed by atoms with Gasteiger partial charge in [-0.1, -0.05) is 17.7 Å². The zero-order valence-corrected chi connectivity index (χ0v) is 11.1. The summed E-state index contributed by atoms with van der Waals surface area (Å²) in [7, 11) is 0. The average Bonchev–Trinajstić information content (AvgIpc) is 2.88. The highest BCUT2D eigenvalue weighted by Gasteiger charge is 2.12. The Balaban J connectivity index is 2.17. The lowest BCUT2D eigenvalue weighted by Crippen LogP contribution is -2.35. The molecule has 1 atom stereocenters. The number of aliphatic hydroxyl groups excluding tert-OH is 1. The normalized spacial score (nSPS) is 12.2. The standard InChI is InChI=1S/C13H14ClN3O2/c1-9(8-18)15-13(19)12-5-6-17(16-12)11-4-2-3-10(14)7-11/h2-7,9,18H,8H2,1H3,(H,15,19). The fourth-order valence-corrected chi connectivity index (χ4v) is 1.74. The molecular weight excluding hydrogens is 266 g/mol. The van der Waals surface area contributed by atoms with Crippen LogP contribution in [0.15, 0.2) is 36.5 Å². The molecule has 1 unspecified atom stereocenters. The summed E-state index contributed by atoms with van der Waals surface area (Å²) < 4.78 is 1.57. The van der Waals surface area contributed by atoms with Crippen LogP contribution in [0.25, 0.3) is 5.69 Å². The Kier molecular flexibility index (Phi) is 4.19. The number of nitrogens with one attached hydrogen (secondary N) is 1. The Bertz CT molecular complexity index is 583. The van der Waals surface area contributed by atoms with Crippen LogP contribution >= 0.6 is 11.6 Å². The molecule has 2 aromatic rings. The van der Waals surface area contributed by atoms with Gasteiger partial charge in [0.1, 0.15) is 0 Å². The Morgan fingerprint density at radius 1 is 1.53 bits per heavy atom. The lowest BCUT2D eigenvalue weighted by Gasteiger charge is -2.08. The van der Waals surface area contributed by atoms with E-state index in [-0.39, 0.29) is 18.6 Å². The van der Waals surface area contributed by atoms with E-state index in [0.29, 0.717) is 10.7 Å². The van der Waals surface area contributed by atoms with Crippen molar-refractivity contribution in [1.82, 2.24) is 15.1 Å². The summed E-state index contributed by atoms with van der Waals surface area (Å²) in [6.45, 7) is 1.60. The molecule has 0 saturated carbocycles. The maximum absolute atomic E-state index is 11.8. The van der Waals surface area contributed by atoms with Gasteiger partial charge in [-0.2, -0.15) is 5.10 Å². The first kappa shape index (κ1) is 13.6. The van der Waals surface area contributed by atoms with Gasteiger partial charge in [0.05, 0.1) is 12.3 Å². The number of nitrogens with zero attached hydrogens (tertiary/aromatic N) is 2. The van der Waals surface area contributed by atoms with E-state index in [1.807, 2.05) is 12.1 Å². The van der Waals surface area contributed by atoms with Crippen LogP contribution < -0.4 is 5.32 Å². The zero-order chi connectivity index (χ0) is 13.8. The topological polar surface area (TPSA) is 67.2 Å². The molecule has 0 saturated heterocycles. The van der Waals surface area contributed by atoms with E-state index in [0.717, 1.165) is 5.69 Å². The van der Waals surface area contributed by atoms with Crippen molar-refractivity contribution in [2.75, 3.05) is 6.61 Å². The molecule has 2 rings (SSSR count). The molecule has 0 fully saturated rings. The van der Waals surface area contributed by atoms with Gasteiger partial charge in [0.15, 0.2) is 5.69 Å². The third-order valence-corrected chi connectivity index (χ3v) is 2.78. The number of hydrogen-bond donors (Lipinski definition) is 2. The number of benzene rings is 1. The van der Waals surface area contributed by atoms with E-state index in [2.05, 4.69) is 10.4 Å². The maximum Gasteiger partial charge on any atom is 0.272 e. The highest BCUT2D eigenvalue weighted by atomic mass is 35.5. The smallest absolute Gasteiger partial charge is 0.272 e. The molecule has 1 heterocycles. The molecule has 0 spiro atoms. The summed E-state index contributed by atoms with van der Waals surface area (Å²) >= 11 is 5.90. The van der Waals surface area contributed by atoms with E-state index in [1.165, 1.54) is 0 Å². The van der Waals surface area contributed by atoms with Gasteiger partial charge >= 0.3 is 0 Å². The SMILES string of the molecule is CC(CO)NC(=O)c1ccn(-c2cccc(Cl)c2)n1. The van der Waals surface area contributed by atoms with Gasteiger partial charge < -0.3 is 10.4 Å². The fourth-order valence-electron chi connectivity index (χ4n) is 1.55. The number of halogens is 1. The largest absolute Gasteiger partial charge is 0.394 e. The molecule has 0 radical (unpaired) electrons. The lowest BCUT2D eigenvalue weighted by atomic mass is 10.3. The van der Waals surface area contributed by atoms with Crippen LogP contribution in [0.1, 0.15) is 17.4 Å². The zero-order valence-electron chi connectivity index (χ0n) is 10.4. The molecule has 2 N–H and O–H groups in total. The Morgan fingerprint density at radius 3 is 3.00 bits per heavy atom.